The van der Waals surface area contributed by atoms with Crippen LogP contribution >= 0.6 is 0 Å². The number of nitriles is 1. The van der Waals surface area contributed by atoms with Crippen molar-refractivity contribution in [3.63, 3.8) is 0 Å². The Balaban J connectivity index is 1.81. The van der Waals surface area contributed by atoms with Crippen molar-refractivity contribution in [3.8, 4) is 6.07 Å². The highest BCUT2D eigenvalue weighted by molar-refractivity contribution is 5.93. The smallest absolute Gasteiger partial charge is 0.248 e. The predicted molar refractivity (Wildman–Crippen MR) is 151 cm³/mol. The molecule has 0 saturated carbocycles. The van der Waals surface area contributed by atoms with E-state index in [1.807, 2.05) is 37.3 Å². The van der Waals surface area contributed by atoms with E-state index in [1.165, 1.54) is 9.70 Å². The van der Waals surface area contributed by atoms with Gasteiger partial charge >= 0.3 is 0 Å². The van der Waals surface area contributed by atoms with Gasteiger partial charge in [0.25, 0.3) is 0 Å². The summed E-state index contributed by atoms with van der Waals surface area (Å²) in [4.78, 5) is 27.9. The minimum absolute atomic E-state index is 0.0795. The molecule has 0 radical (unpaired) electrons. The van der Waals surface area contributed by atoms with Crippen LogP contribution in [-0.4, -0.2) is 62.6 Å². The molecule has 1 heterocycles. The first-order valence-electron chi connectivity index (χ1n) is 13.3. The third-order valence-corrected chi connectivity index (χ3v) is 7.61. The van der Waals surface area contributed by atoms with Gasteiger partial charge < -0.3 is 21.7 Å². The number of rotatable bonds is 10. The average Bonchev–Trinajstić information content (AvgIpc) is 3.32. The lowest BCUT2D eigenvalue weighted by molar-refractivity contribution is -0.131. The number of carbonyl (C=O) groups excluding carboxylic acids is 2. The minimum atomic E-state index is -0.847. The lowest BCUT2D eigenvalue weighted by Gasteiger charge is -2.34. The maximum absolute atomic E-state index is 12.8. The number of aromatic nitrogens is 4. The summed E-state index contributed by atoms with van der Waals surface area (Å²) >= 11 is 0. The van der Waals surface area contributed by atoms with Gasteiger partial charge in [-0.1, -0.05) is 24.8 Å². The number of tetrazole rings is 1. The van der Waals surface area contributed by atoms with Crippen molar-refractivity contribution in [2.45, 2.75) is 44.6 Å². The van der Waals surface area contributed by atoms with Crippen molar-refractivity contribution in [3.05, 3.63) is 82.2 Å². The largest absolute Gasteiger partial charge is 0.399 e. The summed E-state index contributed by atoms with van der Waals surface area (Å²) < 4.78 is 0. The highest BCUT2D eigenvalue weighted by Gasteiger charge is 2.44. The summed E-state index contributed by atoms with van der Waals surface area (Å²) in [6.07, 6.45) is 1.84. The molecule has 40 heavy (non-hydrogen) atoms. The molecule has 0 aliphatic heterocycles. The number of amides is 2. The molecule has 0 spiro atoms. The molecular formula is C29H35N9O2. The zero-order chi connectivity index (χ0) is 29.0. The van der Waals surface area contributed by atoms with Crippen molar-refractivity contribution in [1.82, 2.24) is 30.4 Å². The minimum Gasteiger partial charge on any atom is -0.399 e. The molecule has 2 aromatic carbocycles. The molecule has 0 fully saturated rings. The number of likely N-dealkylation sites (N-methyl/N-ethyl adjacent to an activating group) is 1. The van der Waals surface area contributed by atoms with Gasteiger partial charge in [-0.3, -0.25) is 9.59 Å². The fourth-order valence-corrected chi connectivity index (χ4v) is 5.59. The molecule has 2 unspecified atom stereocenters. The molecule has 1 aliphatic rings. The fraction of sp³-hybridized carbons (Fsp3) is 0.379. The Morgan fingerprint density at radius 2 is 1.80 bits per heavy atom. The van der Waals surface area contributed by atoms with E-state index in [4.69, 9.17) is 11.5 Å². The van der Waals surface area contributed by atoms with Gasteiger partial charge in [0.1, 0.15) is 6.04 Å². The molecule has 208 valence electrons. The lowest BCUT2D eigenvalue weighted by atomic mass is 9.69. The summed E-state index contributed by atoms with van der Waals surface area (Å²) in [5, 5.41) is 25.9. The van der Waals surface area contributed by atoms with Crippen LogP contribution in [0.15, 0.2) is 43.0 Å². The second-order valence-corrected chi connectivity index (χ2v) is 10.1. The lowest BCUT2D eigenvalue weighted by Crippen LogP contribution is -2.44. The number of fused-ring (bicyclic) bond motifs is 2. The second-order valence-electron chi connectivity index (χ2n) is 10.1. The second kappa shape index (κ2) is 11.7. The summed E-state index contributed by atoms with van der Waals surface area (Å²) in [5.74, 6) is -0.143. The first-order valence-corrected chi connectivity index (χ1v) is 13.3. The monoisotopic (exact) mass is 541 g/mol. The number of benzene rings is 2. The molecule has 1 aromatic heterocycles. The molecule has 11 nitrogen and oxygen atoms in total. The van der Waals surface area contributed by atoms with Crippen LogP contribution in [0.2, 0.25) is 0 Å². The highest BCUT2D eigenvalue weighted by atomic mass is 16.2. The first kappa shape index (κ1) is 28.4. The number of hydrogen-bond donors (Lipinski definition) is 3. The molecule has 1 aliphatic carbocycles. The van der Waals surface area contributed by atoms with Gasteiger partial charge in [0.15, 0.2) is 5.82 Å². The summed E-state index contributed by atoms with van der Waals surface area (Å²) in [6, 6.07) is 13.1. The number of aryl methyl sites for hydroxylation is 3. The van der Waals surface area contributed by atoms with E-state index in [-0.39, 0.29) is 12.5 Å². The van der Waals surface area contributed by atoms with E-state index in [2.05, 4.69) is 33.4 Å². The Labute approximate surface area is 233 Å². The van der Waals surface area contributed by atoms with Crippen molar-refractivity contribution >= 4 is 17.5 Å². The molecule has 3 aromatic rings. The number of carbonyl (C=O) groups is 2. The Kier molecular flexibility index (Phi) is 8.30. The van der Waals surface area contributed by atoms with Gasteiger partial charge in [0.05, 0.1) is 25.1 Å². The van der Waals surface area contributed by atoms with E-state index in [0.717, 1.165) is 27.8 Å². The molecule has 5 N–H and O–H groups in total. The third-order valence-electron chi connectivity index (χ3n) is 7.61. The fourth-order valence-electron chi connectivity index (χ4n) is 5.59. The Morgan fingerprint density at radius 3 is 2.33 bits per heavy atom. The number of hydrogen-bond acceptors (Lipinski definition) is 8. The van der Waals surface area contributed by atoms with Crippen LogP contribution in [0.3, 0.4) is 0 Å². The van der Waals surface area contributed by atoms with Crippen LogP contribution < -0.4 is 16.8 Å². The Morgan fingerprint density at radius 1 is 1.18 bits per heavy atom. The van der Waals surface area contributed by atoms with Gasteiger partial charge in [-0.15, -0.1) is 10.2 Å². The molecule has 0 saturated heterocycles. The Bertz CT molecular complexity index is 1420. The third kappa shape index (κ3) is 5.31. The van der Waals surface area contributed by atoms with Gasteiger partial charge in [0.2, 0.25) is 11.8 Å². The molecule has 2 atom stereocenters. The van der Waals surface area contributed by atoms with E-state index in [0.29, 0.717) is 49.4 Å². The van der Waals surface area contributed by atoms with Crippen LogP contribution in [-0.2, 0) is 30.1 Å². The van der Waals surface area contributed by atoms with E-state index in [1.54, 1.807) is 20.0 Å². The zero-order valence-electron chi connectivity index (χ0n) is 23.1. The first-order chi connectivity index (χ1) is 19.1. The maximum Gasteiger partial charge on any atom is 0.248 e. The molecular weight excluding hydrogens is 506 g/mol. The number of nitrogens with two attached hydrogens (primary N) is 2. The summed E-state index contributed by atoms with van der Waals surface area (Å²) in [7, 11) is 1.72. The SMILES string of the molecule is C=C(N)c1ccc2c(c1)CCc1cc(C(N)=O)ccc1C2(CCNCC(=O)N(CC)C(C)C#N)c1nnn(C)n1. The topological polar surface area (TPSA) is 169 Å². The normalized spacial score (nSPS) is 16.6. The van der Waals surface area contributed by atoms with Crippen molar-refractivity contribution in [2.75, 3.05) is 19.6 Å². The maximum atomic E-state index is 12.8. The summed E-state index contributed by atoms with van der Waals surface area (Å²) in [5.41, 5.74) is 16.5. The quantitative estimate of drug-likeness (QED) is 0.324. The summed E-state index contributed by atoms with van der Waals surface area (Å²) in [6.45, 7) is 8.42. The highest BCUT2D eigenvalue weighted by Crippen LogP contribution is 2.46. The zero-order valence-corrected chi connectivity index (χ0v) is 23.1. The number of nitrogens with one attached hydrogen (secondary N) is 1. The van der Waals surface area contributed by atoms with Gasteiger partial charge in [-0.05, 0) is 90.9 Å². The average molecular weight is 542 g/mol. The number of primary amides is 1. The predicted octanol–water partition coefficient (Wildman–Crippen LogP) is 1.41. The van der Waals surface area contributed by atoms with Gasteiger partial charge in [0, 0.05) is 17.8 Å². The van der Waals surface area contributed by atoms with E-state index < -0.39 is 17.4 Å². The van der Waals surface area contributed by atoms with Crippen molar-refractivity contribution in [1.29, 1.82) is 5.26 Å². The Hall–Kier alpha value is -4.56. The van der Waals surface area contributed by atoms with Crippen molar-refractivity contribution < 1.29 is 9.59 Å². The van der Waals surface area contributed by atoms with Gasteiger partial charge in [-0.25, -0.2) is 0 Å². The van der Waals surface area contributed by atoms with Crippen LogP contribution in [0, 0.1) is 11.3 Å². The number of nitrogens with zero attached hydrogens (tertiary/aromatic N) is 6. The van der Waals surface area contributed by atoms with Crippen molar-refractivity contribution in [2.24, 2.45) is 18.5 Å². The van der Waals surface area contributed by atoms with Gasteiger partial charge in [-0.2, -0.15) is 10.1 Å². The van der Waals surface area contributed by atoms with E-state index in [9.17, 15) is 14.9 Å². The standard InChI is InChI=1S/C29H35N9O2/c1-5-38(18(2)16-30)26(39)17-33-13-12-29(28-34-36-37(4)35-28)24-10-8-20(19(3)31)14-21(24)6-7-22-15-23(27(32)40)9-11-25(22)29/h8-11,14-15,18,33H,3,5-7,12-13,17,31H2,1-2,4H3,(H2,32,40). The molecule has 2 amide bonds. The molecule has 4 rings (SSSR count). The molecule has 11 heteroatoms. The van der Waals surface area contributed by atoms with Crippen LogP contribution in [0.25, 0.3) is 5.70 Å². The van der Waals surface area contributed by atoms with Crippen LogP contribution in [0.1, 0.15) is 64.3 Å². The van der Waals surface area contributed by atoms with Crippen LogP contribution in [0.5, 0.6) is 0 Å². The molecule has 0 bridgehead atoms. The van der Waals surface area contributed by atoms with Crippen LogP contribution in [0.4, 0.5) is 0 Å². The van der Waals surface area contributed by atoms with E-state index >= 15 is 0 Å².